The second kappa shape index (κ2) is 8.20. The highest BCUT2D eigenvalue weighted by atomic mass is 35.5. The topological polar surface area (TPSA) is 29.5 Å². The third-order valence-electron chi connectivity index (χ3n) is 2.96. The van der Waals surface area contributed by atoms with Gasteiger partial charge in [0.05, 0.1) is 17.6 Å². The molecule has 0 saturated carbocycles. The van der Waals surface area contributed by atoms with Crippen LogP contribution in [0.3, 0.4) is 0 Å². The molecule has 0 amide bonds. The van der Waals surface area contributed by atoms with Crippen LogP contribution in [0.4, 0.5) is 0 Å². The quantitative estimate of drug-likeness (QED) is 0.590. The summed E-state index contributed by atoms with van der Waals surface area (Å²) >= 11 is 7.65. The van der Waals surface area contributed by atoms with Crippen LogP contribution in [0.15, 0.2) is 23.2 Å². The Balaban J connectivity index is 0.00000144. The van der Waals surface area contributed by atoms with Gasteiger partial charge < -0.3 is 17.7 Å². The van der Waals surface area contributed by atoms with E-state index in [1.807, 2.05) is 30.0 Å². The Morgan fingerprint density at radius 2 is 2.29 bits per heavy atom. The molecule has 1 atom stereocenters. The number of quaternary nitrogens is 1. The van der Waals surface area contributed by atoms with Crippen molar-refractivity contribution < 1.29 is 17.7 Å². The Morgan fingerprint density at radius 3 is 3.00 bits per heavy atom. The molecular weight excluding hydrogens is 275 g/mol. The van der Waals surface area contributed by atoms with E-state index in [1.165, 1.54) is 32.2 Å². The van der Waals surface area contributed by atoms with Gasteiger partial charge in [-0.1, -0.05) is 17.7 Å². The number of piperidine rings is 1. The maximum atomic E-state index is 5.84. The first-order valence-corrected chi connectivity index (χ1v) is 7.29. The molecule has 2 heterocycles. The second-order valence-corrected chi connectivity index (χ2v) is 5.72. The Labute approximate surface area is 118 Å². The maximum Gasteiger partial charge on any atom is 0.130 e. The molecule has 17 heavy (non-hydrogen) atoms. The highest BCUT2D eigenvalue weighted by Gasteiger charge is 2.15. The zero-order chi connectivity index (χ0) is 11.2. The third-order valence-corrected chi connectivity index (χ3v) is 4.13. The summed E-state index contributed by atoms with van der Waals surface area (Å²) in [6, 6.07) is 6.65. The Hall–Kier alpha value is 0.0400. The van der Waals surface area contributed by atoms with Gasteiger partial charge in [-0.05, 0) is 31.4 Å². The van der Waals surface area contributed by atoms with Crippen molar-refractivity contribution in [1.82, 2.24) is 4.98 Å². The number of aromatic nitrogens is 1. The molecule has 1 aromatic rings. The van der Waals surface area contributed by atoms with E-state index in [9.17, 15) is 0 Å². The number of thioether (sulfide) groups is 1. The molecule has 1 fully saturated rings. The van der Waals surface area contributed by atoms with Crippen molar-refractivity contribution in [3.8, 4) is 0 Å². The van der Waals surface area contributed by atoms with Crippen LogP contribution >= 0.6 is 23.4 Å². The molecule has 2 N–H and O–H groups in total. The van der Waals surface area contributed by atoms with Crippen LogP contribution in [0.25, 0.3) is 0 Å². The van der Waals surface area contributed by atoms with Crippen molar-refractivity contribution in [3.63, 3.8) is 0 Å². The molecule has 1 aliphatic rings. The monoisotopic (exact) mass is 292 g/mol. The fraction of sp³-hybridized carbons (Fsp3) is 0.583. The lowest BCUT2D eigenvalue weighted by molar-refractivity contribution is -0.697. The lowest BCUT2D eigenvalue weighted by Crippen LogP contribution is -3.00. The normalized spacial score (nSPS) is 19.7. The van der Waals surface area contributed by atoms with Crippen molar-refractivity contribution in [1.29, 1.82) is 0 Å². The molecule has 1 unspecified atom stereocenters. The highest BCUT2D eigenvalue weighted by Crippen LogP contribution is 2.19. The molecule has 2 nitrogen and oxygen atoms in total. The van der Waals surface area contributed by atoms with Crippen LogP contribution in [0.1, 0.15) is 25.7 Å². The van der Waals surface area contributed by atoms with Crippen molar-refractivity contribution in [2.24, 2.45) is 0 Å². The van der Waals surface area contributed by atoms with Gasteiger partial charge in [0.25, 0.3) is 0 Å². The van der Waals surface area contributed by atoms with E-state index in [0.29, 0.717) is 5.15 Å². The van der Waals surface area contributed by atoms with Crippen molar-refractivity contribution in [2.75, 3.05) is 12.3 Å². The van der Waals surface area contributed by atoms with Crippen LogP contribution < -0.4 is 17.7 Å². The number of nitrogens with zero attached hydrogens (tertiary/aromatic N) is 1. The number of hydrogen-bond acceptors (Lipinski definition) is 2. The summed E-state index contributed by atoms with van der Waals surface area (Å²) in [5, 5.41) is 4.13. The highest BCUT2D eigenvalue weighted by molar-refractivity contribution is 7.99. The summed E-state index contributed by atoms with van der Waals surface area (Å²) in [5.74, 6) is 1.15. The van der Waals surface area contributed by atoms with E-state index in [-0.39, 0.29) is 12.4 Å². The zero-order valence-corrected chi connectivity index (χ0v) is 12.1. The summed E-state index contributed by atoms with van der Waals surface area (Å²) in [6.07, 6.45) is 5.45. The number of nitrogens with two attached hydrogens (primary N) is 1. The van der Waals surface area contributed by atoms with Crippen LogP contribution in [0.5, 0.6) is 0 Å². The number of pyridine rings is 1. The molecule has 2 rings (SSSR count). The SMILES string of the molecule is Clc1cccc(SCCC2CCCC[NH2+]2)n1.[Cl-]. The lowest BCUT2D eigenvalue weighted by atomic mass is 10.0. The second-order valence-electron chi connectivity index (χ2n) is 4.22. The van der Waals surface area contributed by atoms with E-state index < -0.39 is 0 Å². The molecule has 0 bridgehead atoms. The average molecular weight is 293 g/mol. The first-order chi connectivity index (χ1) is 7.84. The molecule has 0 aromatic carbocycles. The molecule has 5 heteroatoms. The minimum atomic E-state index is 0. The smallest absolute Gasteiger partial charge is 0.130 e. The molecule has 0 aliphatic carbocycles. The van der Waals surface area contributed by atoms with Gasteiger partial charge in [-0.2, -0.15) is 0 Å². The van der Waals surface area contributed by atoms with Gasteiger partial charge >= 0.3 is 0 Å². The predicted molar refractivity (Wildman–Crippen MR) is 69.0 cm³/mol. The maximum absolute atomic E-state index is 5.84. The fourth-order valence-corrected chi connectivity index (χ4v) is 3.25. The Bertz CT molecular complexity index is 330. The summed E-state index contributed by atoms with van der Waals surface area (Å²) in [6.45, 7) is 1.31. The van der Waals surface area contributed by atoms with Crippen LogP contribution in [-0.2, 0) is 0 Å². The van der Waals surface area contributed by atoms with Crippen LogP contribution in [-0.4, -0.2) is 23.3 Å². The van der Waals surface area contributed by atoms with Gasteiger partial charge in [-0.3, -0.25) is 0 Å². The Morgan fingerprint density at radius 1 is 1.41 bits per heavy atom. The van der Waals surface area contributed by atoms with Gasteiger partial charge in [0.15, 0.2) is 0 Å². The first-order valence-electron chi connectivity index (χ1n) is 5.93. The summed E-state index contributed by atoms with van der Waals surface area (Å²) in [7, 11) is 0. The van der Waals surface area contributed by atoms with Crippen LogP contribution in [0, 0.1) is 0 Å². The lowest BCUT2D eigenvalue weighted by Gasteiger charge is -2.19. The molecule has 0 spiro atoms. The number of hydrogen-bond donors (Lipinski definition) is 1. The first kappa shape index (κ1) is 15.1. The van der Waals surface area contributed by atoms with Crippen molar-refractivity contribution in [3.05, 3.63) is 23.4 Å². The molecule has 96 valence electrons. The molecule has 1 saturated heterocycles. The summed E-state index contributed by atoms with van der Waals surface area (Å²) in [5.41, 5.74) is 0. The molecular formula is C12H18Cl2N2S. The molecule has 1 aliphatic heterocycles. The van der Waals surface area contributed by atoms with E-state index >= 15 is 0 Å². The van der Waals surface area contributed by atoms with Gasteiger partial charge in [0.2, 0.25) is 0 Å². The summed E-state index contributed by atoms with van der Waals surface area (Å²) in [4.78, 5) is 4.27. The van der Waals surface area contributed by atoms with Gasteiger partial charge in [-0.25, -0.2) is 4.98 Å². The van der Waals surface area contributed by atoms with Gasteiger partial charge in [0, 0.05) is 12.2 Å². The standard InChI is InChI=1S/C12H17ClN2S.ClH/c13-11-5-3-6-12(15-11)16-9-7-10-4-1-2-8-14-10;/h3,5-6,10,14H,1-2,4,7-9H2;1H. The third kappa shape index (κ3) is 5.47. The summed E-state index contributed by atoms with van der Waals surface area (Å²) < 4.78 is 0. The van der Waals surface area contributed by atoms with Crippen molar-refractivity contribution in [2.45, 2.75) is 36.8 Å². The zero-order valence-electron chi connectivity index (χ0n) is 9.74. The van der Waals surface area contributed by atoms with Gasteiger partial charge in [0.1, 0.15) is 5.15 Å². The van der Waals surface area contributed by atoms with E-state index in [4.69, 9.17) is 11.6 Å². The van der Waals surface area contributed by atoms with E-state index in [2.05, 4.69) is 10.3 Å². The molecule has 1 aromatic heterocycles. The minimum absolute atomic E-state index is 0. The van der Waals surface area contributed by atoms with E-state index in [1.54, 1.807) is 0 Å². The fourth-order valence-electron chi connectivity index (χ4n) is 2.07. The van der Waals surface area contributed by atoms with Crippen molar-refractivity contribution >= 4 is 23.4 Å². The van der Waals surface area contributed by atoms with E-state index in [0.717, 1.165) is 16.8 Å². The number of rotatable bonds is 4. The minimum Gasteiger partial charge on any atom is -1.00 e. The average Bonchev–Trinajstić information content (AvgIpc) is 2.30. The van der Waals surface area contributed by atoms with Crippen LogP contribution in [0.2, 0.25) is 5.15 Å². The largest absolute Gasteiger partial charge is 1.00 e. The van der Waals surface area contributed by atoms with Gasteiger partial charge in [-0.15, -0.1) is 11.8 Å². The molecule has 0 radical (unpaired) electrons. The predicted octanol–water partition coefficient (Wildman–Crippen LogP) is -0.663. The Kier molecular flexibility index (Phi) is 7.28. The number of halogens is 2.